The van der Waals surface area contributed by atoms with Crippen LogP contribution < -0.4 is 5.32 Å². The second-order valence-corrected chi connectivity index (χ2v) is 7.52. The fourth-order valence-corrected chi connectivity index (χ4v) is 3.87. The van der Waals surface area contributed by atoms with Crippen LogP contribution in [0.5, 0.6) is 0 Å². The van der Waals surface area contributed by atoms with Gasteiger partial charge in [0.05, 0.1) is 5.92 Å². The molecule has 1 aliphatic carbocycles. The number of carbonyl (C=O) groups excluding carboxylic acids is 2. The first-order valence-electron chi connectivity index (χ1n) is 8.77. The van der Waals surface area contributed by atoms with Gasteiger partial charge in [0.25, 0.3) is 0 Å². The van der Waals surface area contributed by atoms with Gasteiger partial charge in [0.2, 0.25) is 5.91 Å². The number of carboxylic acid groups (broad SMARTS) is 1. The van der Waals surface area contributed by atoms with E-state index in [0.29, 0.717) is 19.4 Å². The molecule has 2 aliphatic rings. The van der Waals surface area contributed by atoms with Crippen LogP contribution in [0.3, 0.4) is 0 Å². The Hall–Kier alpha value is -1.79. The molecule has 2 fully saturated rings. The molecule has 4 atom stereocenters. The van der Waals surface area contributed by atoms with E-state index < -0.39 is 11.9 Å². The third kappa shape index (κ3) is 4.61. The zero-order chi connectivity index (χ0) is 17.9. The average molecular weight is 339 g/mol. The van der Waals surface area contributed by atoms with E-state index in [1.165, 1.54) is 0 Å². The highest BCUT2D eigenvalue weighted by molar-refractivity contribution is 5.79. The summed E-state index contributed by atoms with van der Waals surface area (Å²) in [6.45, 7) is 2.82. The maximum absolute atomic E-state index is 12.5. The highest BCUT2D eigenvalue weighted by Gasteiger charge is 2.34. The molecule has 2 N–H and O–H groups in total. The number of nitrogens with one attached hydrogen (secondary N) is 1. The van der Waals surface area contributed by atoms with Crippen LogP contribution in [0.1, 0.15) is 39.0 Å². The molecule has 3 amide bonds. The Balaban J connectivity index is 1.91. The van der Waals surface area contributed by atoms with Crippen LogP contribution in [-0.2, 0) is 9.59 Å². The molecule has 24 heavy (non-hydrogen) atoms. The van der Waals surface area contributed by atoms with E-state index in [-0.39, 0.29) is 36.4 Å². The maximum Gasteiger partial charge on any atom is 0.317 e. The zero-order valence-corrected chi connectivity index (χ0v) is 14.8. The number of hydrogen-bond donors (Lipinski definition) is 2. The minimum Gasteiger partial charge on any atom is -0.481 e. The summed E-state index contributed by atoms with van der Waals surface area (Å²) in [4.78, 5) is 39.1. The summed E-state index contributed by atoms with van der Waals surface area (Å²) >= 11 is 0. The lowest BCUT2D eigenvalue weighted by atomic mass is 9.85. The molecule has 1 heterocycles. The quantitative estimate of drug-likeness (QED) is 0.813. The van der Waals surface area contributed by atoms with Crippen molar-refractivity contribution in [1.29, 1.82) is 0 Å². The van der Waals surface area contributed by atoms with Gasteiger partial charge in [-0.15, -0.1) is 0 Å². The predicted octanol–water partition coefficient (Wildman–Crippen LogP) is 1.39. The Kier molecular flexibility index (Phi) is 6.07. The van der Waals surface area contributed by atoms with E-state index >= 15 is 0 Å². The standard InChI is InChI=1S/C17H29N3O4/c1-11-7-13(16(22)23)10-20(9-11)17(24)18-14-6-4-5-12(8-14)15(21)19(2)3/h11-14H,4-10H2,1-3H3,(H,18,24)(H,22,23). The number of urea groups is 1. The van der Waals surface area contributed by atoms with Crippen molar-refractivity contribution >= 4 is 17.9 Å². The van der Waals surface area contributed by atoms with Gasteiger partial charge in [0, 0.05) is 39.1 Å². The number of aliphatic carboxylic acids is 1. The molecular weight excluding hydrogens is 310 g/mol. The molecule has 0 spiro atoms. The first-order valence-corrected chi connectivity index (χ1v) is 8.77. The first kappa shape index (κ1) is 18.5. The molecule has 1 saturated carbocycles. The van der Waals surface area contributed by atoms with Gasteiger partial charge in [0.15, 0.2) is 0 Å². The van der Waals surface area contributed by atoms with Gasteiger partial charge in [-0.05, 0) is 31.6 Å². The van der Waals surface area contributed by atoms with E-state index in [2.05, 4.69) is 5.32 Å². The number of amides is 3. The largest absolute Gasteiger partial charge is 0.481 e. The van der Waals surface area contributed by atoms with Gasteiger partial charge in [-0.25, -0.2) is 4.79 Å². The Labute approximate surface area is 143 Å². The second-order valence-electron chi connectivity index (χ2n) is 7.52. The van der Waals surface area contributed by atoms with E-state index in [9.17, 15) is 19.5 Å². The number of carboxylic acids is 1. The number of nitrogens with zero attached hydrogens (tertiary/aromatic N) is 2. The van der Waals surface area contributed by atoms with Crippen LogP contribution in [-0.4, -0.2) is 66.0 Å². The van der Waals surface area contributed by atoms with Gasteiger partial charge in [-0.3, -0.25) is 9.59 Å². The highest BCUT2D eigenvalue weighted by atomic mass is 16.4. The SMILES string of the molecule is CC1CC(C(=O)O)CN(C(=O)NC2CCCC(C(=O)N(C)C)C2)C1. The Morgan fingerprint density at radius 3 is 2.42 bits per heavy atom. The number of likely N-dealkylation sites (tertiary alicyclic amines) is 1. The van der Waals surface area contributed by atoms with Crippen molar-refractivity contribution < 1.29 is 19.5 Å². The molecule has 7 nitrogen and oxygen atoms in total. The summed E-state index contributed by atoms with van der Waals surface area (Å²) in [7, 11) is 3.51. The van der Waals surface area contributed by atoms with Crippen LogP contribution in [0, 0.1) is 17.8 Å². The summed E-state index contributed by atoms with van der Waals surface area (Å²) in [6.07, 6.45) is 3.93. The van der Waals surface area contributed by atoms with Gasteiger partial charge in [-0.1, -0.05) is 13.3 Å². The first-order chi connectivity index (χ1) is 11.3. The Bertz CT molecular complexity index is 494. The molecule has 1 aliphatic heterocycles. The third-order valence-corrected chi connectivity index (χ3v) is 5.09. The summed E-state index contributed by atoms with van der Waals surface area (Å²) in [5, 5.41) is 12.2. The molecule has 0 radical (unpaired) electrons. The Morgan fingerprint density at radius 2 is 1.79 bits per heavy atom. The summed E-state index contributed by atoms with van der Waals surface area (Å²) in [5.41, 5.74) is 0. The van der Waals surface area contributed by atoms with Crippen LogP contribution in [0.4, 0.5) is 4.79 Å². The monoisotopic (exact) mass is 339 g/mol. The molecular formula is C17H29N3O4. The van der Waals surface area contributed by atoms with Crippen molar-refractivity contribution in [3.05, 3.63) is 0 Å². The van der Waals surface area contributed by atoms with E-state index in [1.54, 1.807) is 23.9 Å². The second kappa shape index (κ2) is 7.85. The van der Waals surface area contributed by atoms with Crippen LogP contribution in [0.15, 0.2) is 0 Å². The molecule has 4 unspecified atom stereocenters. The number of carbonyl (C=O) groups is 3. The van der Waals surface area contributed by atoms with Gasteiger partial charge < -0.3 is 20.2 Å². The van der Waals surface area contributed by atoms with Crippen molar-refractivity contribution in [2.24, 2.45) is 17.8 Å². The van der Waals surface area contributed by atoms with Crippen molar-refractivity contribution in [1.82, 2.24) is 15.1 Å². The summed E-state index contributed by atoms with van der Waals surface area (Å²) in [6, 6.07) is -0.212. The minimum atomic E-state index is -0.839. The highest BCUT2D eigenvalue weighted by Crippen LogP contribution is 2.26. The lowest BCUT2D eigenvalue weighted by molar-refractivity contribution is -0.143. The molecule has 7 heteroatoms. The van der Waals surface area contributed by atoms with Crippen molar-refractivity contribution in [3.63, 3.8) is 0 Å². The maximum atomic E-state index is 12.5. The van der Waals surface area contributed by atoms with E-state index in [1.807, 2.05) is 6.92 Å². The average Bonchev–Trinajstić information content (AvgIpc) is 2.53. The number of rotatable bonds is 3. The van der Waals surface area contributed by atoms with Crippen LogP contribution in [0.25, 0.3) is 0 Å². The number of piperidine rings is 1. The summed E-state index contributed by atoms with van der Waals surface area (Å²) < 4.78 is 0. The van der Waals surface area contributed by atoms with Crippen LogP contribution in [0.2, 0.25) is 0 Å². The lowest BCUT2D eigenvalue weighted by Gasteiger charge is -2.37. The molecule has 0 aromatic carbocycles. The predicted molar refractivity (Wildman–Crippen MR) is 89.5 cm³/mol. The van der Waals surface area contributed by atoms with E-state index in [0.717, 1.165) is 19.3 Å². The smallest absolute Gasteiger partial charge is 0.317 e. The number of hydrogen-bond acceptors (Lipinski definition) is 3. The van der Waals surface area contributed by atoms with Gasteiger partial charge in [-0.2, -0.15) is 0 Å². The van der Waals surface area contributed by atoms with Gasteiger partial charge >= 0.3 is 12.0 Å². The molecule has 136 valence electrons. The zero-order valence-electron chi connectivity index (χ0n) is 14.8. The van der Waals surface area contributed by atoms with Crippen molar-refractivity contribution in [2.75, 3.05) is 27.2 Å². The topological polar surface area (TPSA) is 90.0 Å². The molecule has 0 aromatic heterocycles. The Morgan fingerprint density at radius 1 is 1.08 bits per heavy atom. The lowest BCUT2D eigenvalue weighted by Crippen LogP contribution is -2.52. The molecule has 0 bridgehead atoms. The third-order valence-electron chi connectivity index (χ3n) is 5.09. The van der Waals surface area contributed by atoms with E-state index in [4.69, 9.17) is 0 Å². The molecule has 1 saturated heterocycles. The normalized spacial score (nSPS) is 30.5. The minimum absolute atomic E-state index is 0.0133. The fourth-order valence-electron chi connectivity index (χ4n) is 3.87. The van der Waals surface area contributed by atoms with Gasteiger partial charge in [0.1, 0.15) is 0 Å². The molecule has 2 rings (SSSR count). The summed E-state index contributed by atoms with van der Waals surface area (Å²) in [5.74, 6) is -1.07. The van der Waals surface area contributed by atoms with Crippen molar-refractivity contribution in [3.8, 4) is 0 Å². The van der Waals surface area contributed by atoms with Crippen molar-refractivity contribution in [2.45, 2.75) is 45.1 Å². The van der Waals surface area contributed by atoms with Crippen LogP contribution >= 0.6 is 0 Å². The fraction of sp³-hybridized carbons (Fsp3) is 0.824. The molecule has 0 aromatic rings.